The van der Waals surface area contributed by atoms with E-state index in [0.29, 0.717) is 12.8 Å². The van der Waals surface area contributed by atoms with E-state index in [9.17, 15) is 13.2 Å². The van der Waals surface area contributed by atoms with Crippen LogP contribution >= 0.6 is 0 Å². The number of ether oxygens (including phenoxy) is 3. The number of methoxy groups -OCH3 is 2. The zero-order chi connectivity index (χ0) is 23.4. The van der Waals surface area contributed by atoms with Crippen LogP contribution in [0.1, 0.15) is 36.8 Å². The Hall–Kier alpha value is -2.57. The highest BCUT2D eigenvalue weighted by molar-refractivity contribution is 5.75. The normalized spacial score (nSPS) is 27.7. The number of hydrogen-bond acceptors (Lipinski definition) is 3. The van der Waals surface area contributed by atoms with E-state index in [1.54, 1.807) is 13.2 Å². The molecule has 6 heteroatoms. The fourth-order valence-electron chi connectivity index (χ4n) is 4.55. The average Bonchev–Trinajstić information content (AvgIpc) is 2.85. The molecule has 1 aromatic carbocycles. The number of allylic oxidation sites excluding steroid dienone is 6. The molecule has 3 nitrogen and oxygen atoms in total. The van der Waals surface area contributed by atoms with Gasteiger partial charge in [0.2, 0.25) is 0 Å². The van der Waals surface area contributed by atoms with Gasteiger partial charge in [0.1, 0.15) is 24.4 Å². The number of rotatable bonds is 7. The smallest absolute Gasteiger partial charge is 0.196 e. The fourth-order valence-corrected chi connectivity index (χ4v) is 4.55. The molecule has 4 rings (SSSR count). The topological polar surface area (TPSA) is 27.7 Å². The second-order valence-electron chi connectivity index (χ2n) is 8.61. The van der Waals surface area contributed by atoms with Crippen LogP contribution in [-0.2, 0) is 20.8 Å². The lowest BCUT2D eigenvalue weighted by Crippen LogP contribution is -2.23. The lowest BCUT2D eigenvalue weighted by atomic mass is 9.79. The minimum absolute atomic E-state index is 0.0420. The van der Waals surface area contributed by atoms with Crippen molar-refractivity contribution in [2.24, 2.45) is 11.8 Å². The predicted octanol–water partition coefficient (Wildman–Crippen LogP) is 6.89. The summed E-state index contributed by atoms with van der Waals surface area (Å²) >= 11 is 0. The minimum Gasteiger partial charge on any atom is -0.486 e. The van der Waals surface area contributed by atoms with Crippen LogP contribution in [0.15, 0.2) is 77.9 Å². The minimum atomic E-state index is -0.911. The summed E-state index contributed by atoms with van der Waals surface area (Å²) in [4.78, 5) is 0. The summed E-state index contributed by atoms with van der Waals surface area (Å²) in [6.07, 6.45) is 10.9. The summed E-state index contributed by atoms with van der Waals surface area (Å²) in [6, 6.07) is 7.41. The Morgan fingerprint density at radius 1 is 0.909 bits per heavy atom. The highest BCUT2D eigenvalue weighted by Gasteiger charge is 2.33. The maximum atomic E-state index is 14.8. The van der Waals surface area contributed by atoms with E-state index in [1.165, 1.54) is 13.2 Å². The number of hydrogen-bond donors (Lipinski definition) is 0. The van der Waals surface area contributed by atoms with Crippen LogP contribution in [0.5, 0.6) is 0 Å². The standard InChI is InChI=1S/C27H29F3O3/c1-31-21-10-7-19(8-11-21)22-12-14-25(27(30)26(22)29)33-16-17-3-5-18(6-4-17)20-9-13-24(32-2)23(28)15-20/h3-7,9-10,14-15,19,21-22,24H,8,11-13,16H2,1-2H3. The van der Waals surface area contributed by atoms with Crippen molar-refractivity contribution in [1.82, 2.24) is 0 Å². The highest BCUT2D eigenvalue weighted by Crippen LogP contribution is 2.40. The molecule has 0 saturated heterocycles. The number of halogens is 3. The Kier molecular flexibility index (Phi) is 7.56. The molecule has 0 N–H and O–H groups in total. The zero-order valence-corrected chi connectivity index (χ0v) is 18.9. The summed E-state index contributed by atoms with van der Waals surface area (Å²) in [7, 11) is 3.14. The summed E-state index contributed by atoms with van der Waals surface area (Å²) in [5.74, 6) is -2.53. The first kappa shape index (κ1) is 23.6. The quantitative estimate of drug-likeness (QED) is 0.416. The van der Waals surface area contributed by atoms with Crippen LogP contribution in [0.4, 0.5) is 13.2 Å². The molecule has 0 saturated carbocycles. The molecule has 0 radical (unpaired) electrons. The van der Waals surface area contributed by atoms with E-state index in [4.69, 9.17) is 14.2 Å². The SMILES string of the molecule is COC1C=CC(C2CC=C(OCc3ccc(C4=CCC(OC)C(F)=C4)cc3)C(F)=C2F)CC1. The van der Waals surface area contributed by atoms with Crippen molar-refractivity contribution in [3.05, 3.63) is 89.0 Å². The van der Waals surface area contributed by atoms with E-state index in [0.717, 1.165) is 29.5 Å². The summed E-state index contributed by atoms with van der Waals surface area (Å²) in [6.45, 7) is 0.116. The molecule has 0 heterocycles. The molecule has 0 aliphatic heterocycles. The first-order chi connectivity index (χ1) is 16.0. The van der Waals surface area contributed by atoms with Crippen molar-refractivity contribution in [3.8, 4) is 0 Å². The van der Waals surface area contributed by atoms with E-state index in [2.05, 4.69) is 0 Å². The van der Waals surface area contributed by atoms with Crippen molar-refractivity contribution >= 4 is 5.57 Å². The van der Waals surface area contributed by atoms with Gasteiger partial charge in [0, 0.05) is 20.1 Å². The van der Waals surface area contributed by atoms with Crippen LogP contribution < -0.4 is 0 Å². The molecule has 176 valence electrons. The molecule has 0 aromatic heterocycles. The summed E-state index contributed by atoms with van der Waals surface area (Å²) in [5.41, 5.74) is 2.47. The van der Waals surface area contributed by atoms with Crippen molar-refractivity contribution in [2.75, 3.05) is 14.2 Å². The number of benzene rings is 1. The van der Waals surface area contributed by atoms with Crippen molar-refractivity contribution in [2.45, 2.75) is 44.5 Å². The molecule has 4 unspecified atom stereocenters. The maximum Gasteiger partial charge on any atom is 0.196 e. The molecule has 4 atom stereocenters. The van der Waals surface area contributed by atoms with Crippen LogP contribution in [0.3, 0.4) is 0 Å². The fraction of sp³-hybridized carbons (Fsp3) is 0.407. The molecule has 0 bridgehead atoms. The van der Waals surface area contributed by atoms with Gasteiger partial charge in [-0.15, -0.1) is 0 Å². The first-order valence-corrected chi connectivity index (χ1v) is 11.3. The van der Waals surface area contributed by atoms with Crippen LogP contribution in [0.2, 0.25) is 0 Å². The molecule has 0 spiro atoms. The highest BCUT2D eigenvalue weighted by atomic mass is 19.2. The van der Waals surface area contributed by atoms with Gasteiger partial charge in [-0.3, -0.25) is 0 Å². The Labute approximate surface area is 192 Å². The summed E-state index contributed by atoms with van der Waals surface area (Å²) < 4.78 is 59.5. The lowest BCUT2D eigenvalue weighted by molar-refractivity contribution is 0.114. The molecule has 3 aliphatic carbocycles. The summed E-state index contributed by atoms with van der Waals surface area (Å²) in [5, 5.41) is 0. The van der Waals surface area contributed by atoms with E-state index < -0.39 is 23.7 Å². The van der Waals surface area contributed by atoms with E-state index in [-0.39, 0.29) is 30.2 Å². The van der Waals surface area contributed by atoms with E-state index in [1.807, 2.05) is 42.5 Å². The maximum absolute atomic E-state index is 14.8. The third-order valence-corrected chi connectivity index (χ3v) is 6.60. The molecule has 3 aliphatic rings. The molecular formula is C27H29F3O3. The van der Waals surface area contributed by atoms with Gasteiger partial charge >= 0.3 is 0 Å². The van der Waals surface area contributed by atoms with Gasteiger partial charge in [-0.2, -0.15) is 0 Å². The third-order valence-electron chi connectivity index (χ3n) is 6.60. The van der Waals surface area contributed by atoms with Crippen molar-refractivity contribution in [1.29, 1.82) is 0 Å². The molecule has 1 aromatic rings. The zero-order valence-electron chi connectivity index (χ0n) is 18.9. The van der Waals surface area contributed by atoms with Gasteiger partial charge in [-0.1, -0.05) is 42.5 Å². The molecule has 0 fully saturated rings. The van der Waals surface area contributed by atoms with Crippen LogP contribution in [0, 0.1) is 11.8 Å². The van der Waals surface area contributed by atoms with Crippen LogP contribution in [-0.4, -0.2) is 26.4 Å². The molecular weight excluding hydrogens is 429 g/mol. The van der Waals surface area contributed by atoms with Gasteiger partial charge in [-0.25, -0.2) is 13.2 Å². The Morgan fingerprint density at radius 3 is 2.33 bits per heavy atom. The monoisotopic (exact) mass is 458 g/mol. The predicted molar refractivity (Wildman–Crippen MR) is 122 cm³/mol. The molecule has 33 heavy (non-hydrogen) atoms. The van der Waals surface area contributed by atoms with Crippen LogP contribution in [0.25, 0.3) is 5.57 Å². The van der Waals surface area contributed by atoms with Gasteiger partial charge in [-0.05, 0) is 60.5 Å². The van der Waals surface area contributed by atoms with Crippen molar-refractivity contribution in [3.63, 3.8) is 0 Å². The second kappa shape index (κ2) is 10.6. The van der Waals surface area contributed by atoms with Gasteiger partial charge < -0.3 is 14.2 Å². The largest absolute Gasteiger partial charge is 0.486 e. The second-order valence-corrected chi connectivity index (χ2v) is 8.61. The first-order valence-electron chi connectivity index (χ1n) is 11.3. The van der Waals surface area contributed by atoms with Crippen molar-refractivity contribution < 1.29 is 27.4 Å². The Morgan fingerprint density at radius 2 is 1.70 bits per heavy atom. The average molecular weight is 459 g/mol. The van der Waals surface area contributed by atoms with Gasteiger partial charge in [0.05, 0.1) is 6.10 Å². The molecule has 0 amide bonds. The van der Waals surface area contributed by atoms with Gasteiger partial charge in [0.15, 0.2) is 11.6 Å². The Balaban J connectivity index is 1.35. The lowest BCUT2D eigenvalue weighted by Gasteiger charge is -2.30. The third kappa shape index (κ3) is 5.33. The van der Waals surface area contributed by atoms with Gasteiger partial charge in [0.25, 0.3) is 0 Å². The van der Waals surface area contributed by atoms with E-state index >= 15 is 0 Å². The Bertz CT molecular complexity index is 1000.